The van der Waals surface area contributed by atoms with Gasteiger partial charge >= 0.3 is 0 Å². The van der Waals surface area contributed by atoms with E-state index in [1.165, 1.54) is 11.1 Å². The lowest BCUT2D eigenvalue weighted by Crippen LogP contribution is -2.53. The van der Waals surface area contributed by atoms with Gasteiger partial charge in [0.05, 0.1) is 0 Å². The molecule has 1 aromatic heterocycles. The minimum absolute atomic E-state index is 0. The summed E-state index contributed by atoms with van der Waals surface area (Å²) in [5.41, 5.74) is 3.00. The second-order valence-electron chi connectivity index (χ2n) is 7.91. The van der Waals surface area contributed by atoms with Crippen molar-refractivity contribution in [1.82, 2.24) is 25.1 Å². The third-order valence-corrected chi connectivity index (χ3v) is 5.85. The fourth-order valence-electron chi connectivity index (χ4n) is 4.22. The molecule has 0 saturated carbocycles. The highest BCUT2D eigenvalue weighted by molar-refractivity contribution is 14.0. The van der Waals surface area contributed by atoms with Crippen LogP contribution in [0.3, 0.4) is 0 Å². The molecule has 1 fully saturated rings. The van der Waals surface area contributed by atoms with E-state index in [2.05, 4.69) is 61.2 Å². The van der Waals surface area contributed by atoms with Gasteiger partial charge in [0, 0.05) is 71.3 Å². The van der Waals surface area contributed by atoms with Crippen molar-refractivity contribution >= 4 is 35.9 Å². The molecule has 0 spiro atoms. The molecule has 3 heterocycles. The maximum Gasteiger partial charge on any atom is 0.225 e. The van der Waals surface area contributed by atoms with E-state index in [4.69, 9.17) is 4.99 Å². The van der Waals surface area contributed by atoms with Gasteiger partial charge in [-0.1, -0.05) is 24.3 Å². The first-order chi connectivity index (χ1) is 14.8. The third kappa shape index (κ3) is 6.52. The normalized spacial score (nSPS) is 17.1. The summed E-state index contributed by atoms with van der Waals surface area (Å²) >= 11 is 0. The highest BCUT2D eigenvalue weighted by atomic mass is 127. The SMILES string of the molecule is CCNC(=NCCCN1CCc2ccccc2C1)N1CCN(c2ncccn2)CC1.I. The number of piperazine rings is 1. The molecule has 0 unspecified atom stereocenters. The molecule has 4 rings (SSSR count). The second-order valence-corrected chi connectivity index (χ2v) is 7.91. The van der Waals surface area contributed by atoms with Crippen LogP contribution >= 0.6 is 24.0 Å². The summed E-state index contributed by atoms with van der Waals surface area (Å²) in [6.07, 6.45) is 5.87. The van der Waals surface area contributed by atoms with E-state index in [0.717, 1.165) is 83.7 Å². The minimum atomic E-state index is 0. The number of rotatable bonds is 6. The van der Waals surface area contributed by atoms with Gasteiger partial charge in [-0.3, -0.25) is 9.89 Å². The van der Waals surface area contributed by atoms with Gasteiger partial charge in [0.2, 0.25) is 5.95 Å². The number of guanidine groups is 1. The van der Waals surface area contributed by atoms with Crippen molar-refractivity contribution in [3.63, 3.8) is 0 Å². The Balaban J connectivity index is 0.00000272. The number of hydrogen-bond acceptors (Lipinski definition) is 5. The average molecular weight is 535 g/mol. The van der Waals surface area contributed by atoms with Crippen LogP contribution in [-0.4, -0.2) is 78.1 Å². The largest absolute Gasteiger partial charge is 0.357 e. The Morgan fingerprint density at radius 1 is 1.00 bits per heavy atom. The van der Waals surface area contributed by atoms with Crippen molar-refractivity contribution in [2.75, 3.05) is 57.3 Å². The number of hydrogen-bond donors (Lipinski definition) is 1. The van der Waals surface area contributed by atoms with Crippen LogP contribution in [-0.2, 0) is 13.0 Å². The van der Waals surface area contributed by atoms with Crippen molar-refractivity contribution in [3.8, 4) is 0 Å². The number of anilines is 1. The molecule has 168 valence electrons. The standard InChI is InChI=1S/C23H33N7.HI/c1-2-24-22(29-15-17-30(18-16-29)23-25-10-5-11-26-23)27-12-6-13-28-14-9-20-7-3-4-8-21(20)19-28;/h3-5,7-8,10-11H,2,6,9,12-19H2,1H3,(H,24,27);1H. The number of aliphatic imine (C=N–C) groups is 1. The second kappa shape index (κ2) is 12.2. The van der Waals surface area contributed by atoms with Gasteiger partial charge < -0.3 is 15.1 Å². The molecular formula is C23H34IN7. The molecule has 0 bridgehead atoms. The Morgan fingerprint density at radius 2 is 1.74 bits per heavy atom. The third-order valence-electron chi connectivity index (χ3n) is 5.85. The molecular weight excluding hydrogens is 501 g/mol. The number of halogens is 1. The average Bonchev–Trinajstić information content (AvgIpc) is 2.82. The van der Waals surface area contributed by atoms with Crippen LogP contribution in [0.1, 0.15) is 24.5 Å². The monoisotopic (exact) mass is 535 g/mol. The lowest BCUT2D eigenvalue weighted by atomic mass is 10.00. The molecule has 0 aliphatic carbocycles. The van der Waals surface area contributed by atoms with E-state index >= 15 is 0 Å². The lowest BCUT2D eigenvalue weighted by molar-refractivity contribution is 0.252. The molecule has 2 aromatic rings. The maximum atomic E-state index is 4.92. The van der Waals surface area contributed by atoms with E-state index in [1.54, 1.807) is 12.4 Å². The van der Waals surface area contributed by atoms with Gasteiger partial charge in [0.1, 0.15) is 0 Å². The fourth-order valence-corrected chi connectivity index (χ4v) is 4.22. The van der Waals surface area contributed by atoms with Gasteiger partial charge in [-0.05, 0) is 37.0 Å². The molecule has 0 amide bonds. The quantitative estimate of drug-likeness (QED) is 0.266. The van der Waals surface area contributed by atoms with Crippen molar-refractivity contribution < 1.29 is 0 Å². The molecule has 0 radical (unpaired) electrons. The van der Waals surface area contributed by atoms with E-state index in [0.29, 0.717) is 0 Å². The van der Waals surface area contributed by atoms with Crippen molar-refractivity contribution in [1.29, 1.82) is 0 Å². The Labute approximate surface area is 203 Å². The van der Waals surface area contributed by atoms with E-state index < -0.39 is 0 Å². The van der Waals surface area contributed by atoms with Gasteiger partial charge in [0.15, 0.2) is 5.96 Å². The Bertz CT molecular complexity index is 822. The smallest absolute Gasteiger partial charge is 0.225 e. The van der Waals surface area contributed by atoms with Gasteiger partial charge in [-0.15, -0.1) is 24.0 Å². The molecule has 7 nitrogen and oxygen atoms in total. The number of nitrogens with one attached hydrogen (secondary N) is 1. The summed E-state index contributed by atoms with van der Waals surface area (Å²) in [4.78, 5) is 20.8. The van der Waals surface area contributed by atoms with Gasteiger partial charge in [-0.25, -0.2) is 9.97 Å². The van der Waals surface area contributed by atoms with Crippen molar-refractivity contribution in [2.45, 2.75) is 26.3 Å². The number of aromatic nitrogens is 2. The maximum absolute atomic E-state index is 4.92. The Morgan fingerprint density at radius 3 is 2.48 bits per heavy atom. The molecule has 1 N–H and O–H groups in total. The van der Waals surface area contributed by atoms with Crippen LogP contribution < -0.4 is 10.2 Å². The van der Waals surface area contributed by atoms with Gasteiger partial charge in [-0.2, -0.15) is 0 Å². The van der Waals surface area contributed by atoms with Gasteiger partial charge in [0.25, 0.3) is 0 Å². The topological polar surface area (TPSA) is 59.9 Å². The zero-order valence-electron chi connectivity index (χ0n) is 18.4. The summed E-state index contributed by atoms with van der Waals surface area (Å²) in [7, 11) is 0. The molecule has 1 saturated heterocycles. The molecule has 31 heavy (non-hydrogen) atoms. The highest BCUT2D eigenvalue weighted by Crippen LogP contribution is 2.18. The predicted molar refractivity (Wildman–Crippen MR) is 137 cm³/mol. The van der Waals surface area contributed by atoms with Crippen LogP contribution in [0.4, 0.5) is 5.95 Å². The lowest BCUT2D eigenvalue weighted by Gasteiger charge is -2.36. The van der Waals surface area contributed by atoms with Crippen LogP contribution in [0.25, 0.3) is 0 Å². The summed E-state index contributed by atoms with van der Waals surface area (Å²) < 4.78 is 0. The van der Waals surface area contributed by atoms with E-state index in [-0.39, 0.29) is 24.0 Å². The molecule has 2 aliphatic rings. The van der Waals surface area contributed by atoms with Crippen LogP contribution in [0, 0.1) is 0 Å². The fraction of sp³-hybridized carbons (Fsp3) is 0.522. The Hall–Kier alpha value is -1.94. The first-order valence-corrected chi connectivity index (χ1v) is 11.2. The molecule has 0 atom stereocenters. The molecule has 1 aromatic carbocycles. The molecule has 8 heteroatoms. The minimum Gasteiger partial charge on any atom is -0.357 e. The number of benzene rings is 1. The summed E-state index contributed by atoms with van der Waals surface area (Å²) in [5, 5.41) is 3.47. The number of nitrogens with zero attached hydrogens (tertiary/aromatic N) is 6. The summed E-state index contributed by atoms with van der Waals surface area (Å²) in [6, 6.07) is 10.7. The zero-order chi connectivity index (χ0) is 20.6. The van der Waals surface area contributed by atoms with Crippen molar-refractivity contribution in [3.05, 3.63) is 53.9 Å². The highest BCUT2D eigenvalue weighted by Gasteiger charge is 2.21. The van der Waals surface area contributed by atoms with E-state index in [9.17, 15) is 0 Å². The van der Waals surface area contributed by atoms with Crippen LogP contribution in [0.15, 0.2) is 47.7 Å². The van der Waals surface area contributed by atoms with E-state index in [1.807, 2.05) is 6.07 Å². The molecule has 2 aliphatic heterocycles. The zero-order valence-corrected chi connectivity index (χ0v) is 20.7. The Kier molecular flexibility index (Phi) is 9.32. The van der Waals surface area contributed by atoms with Crippen LogP contribution in [0.5, 0.6) is 0 Å². The van der Waals surface area contributed by atoms with Crippen molar-refractivity contribution in [2.24, 2.45) is 4.99 Å². The predicted octanol–water partition coefficient (Wildman–Crippen LogP) is 2.63. The number of fused-ring (bicyclic) bond motifs is 1. The first-order valence-electron chi connectivity index (χ1n) is 11.2. The summed E-state index contributed by atoms with van der Waals surface area (Å²) in [6.45, 7) is 10.9. The summed E-state index contributed by atoms with van der Waals surface area (Å²) in [5.74, 6) is 1.86. The first kappa shape index (κ1) is 23.7. The van der Waals surface area contributed by atoms with Crippen LogP contribution in [0.2, 0.25) is 0 Å².